The van der Waals surface area contributed by atoms with Gasteiger partial charge in [0.15, 0.2) is 0 Å². The molecule has 5 heteroatoms. The minimum atomic E-state index is -0.160. The van der Waals surface area contributed by atoms with Crippen LogP contribution in [0.1, 0.15) is 23.2 Å². The van der Waals surface area contributed by atoms with Crippen LogP contribution in [0.25, 0.3) is 0 Å². The zero-order valence-electron chi connectivity index (χ0n) is 10.2. The second kappa shape index (κ2) is 5.71. The second-order valence-electron chi connectivity index (χ2n) is 4.42. The van der Waals surface area contributed by atoms with Gasteiger partial charge in [0.25, 0.3) is 5.91 Å². The van der Waals surface area contributed by atoms with E-state index >= 15 is 0 Å². The Bertz CT molecular complexity index is 455. The standard InChI is InChI=1S/C13H16N2OS2/c1-18-10-6-4-9(5-7-10)13(16)15-11(12(14)17)8-2-3-8/h4-8,11H,2-3H2,1H3,(H2,14,17)(H,15,16). The molecule has 3 N–H and O–H groups in total. The van der Waals surface area contributed by atoms with Crippen LogP contribution in [-0.2, 0) is 0 Å². The van der Waals surface area contributed by atoms with Gasteiger partial charge in [0.05, 0.1) is 11.0 Å². The summed E-state index contributed by atoms with van der Waals surface area (Å²) >= 11 is 6.65. The third kappa shape index (κ3) is 3.23. The van der Waals surface area contributed by atoms with E-state index in [2.05, 4.69) is 5.32 Å². The lowest BCUT2D eigenvalue weighted by molar-refractivity contribution is 0.0944. The van der Waals surface area contributed by atoms with Crippen LogP contribution in [0.2, 0.25) is 0 Å². The van der Waals surface area contributed by atoms with Crippen LogP contribution >= 0.6 is 24.0 Å². The summed E-state index contributed by atoms with van der Waals surface area (Å²) in [6, 6.07) is 7.36. The molecule has 0 radical (unpaired) electrons. The number of carbonyl (C=O) groups excluding carboxylic acids is 1. The zero-order chi connectivity index (χ0) is 13.1. The van der Waals surface area contributed by atoms with E-state index < -0.39 is 0 Å². The molecule has 1 aromatic rings. The van der Waals surface area contributed by atoms with Gasteiger partial charge in [-0.2, -0.15) is 0 Å². The number of amides is 1. The molecule has 18 heavy (non-hydrogen) atoms. The SMILES string of the molecule is CSc1ccc(C(=O)NC(C(N)=S)C2CC2)cc1. The Balaban J connectivity index is 2.03. The van der Waals surface area contributed by atoms with Gasteiger partial charge in [-0.1, -0.05) is 12.2 Å². The van der Waals surface area contributed by atoms with E-state index in [9.17, 15) is 4.79 Å². The zero-order valence-corrected chi connectivity index (χ0v) is 11.8. The lowest BCUT2D eigenvalue weighted by Crippen LogP contribution is -2.45. The predicted molar refractivity (Wildman–Crippen MR) is 79.0 cm³/mol. The summed E-state index contributed by atoms with van der Waals surface area (Å²) in [4.78, 5) is 13.6. The molecule has 1 saturated carbocycles. The summed E-state index contributed by atoms with van der Waals surface area (Å²) in [5.74, 6) is 0.323. The molecule has 0 heterocycles. The first-order valence-corrected chi connectivity index (χ1v) is 7.49. The maximum absolute atomic E-state index is 12.1. The average Bonchev–Trinajstić information content (AvgIpc) is 3.19. The van der Waals surface area contributed by atoms with Crippen molar-refractivity contribution in [3.8, 4) is 0 Å². The van der Waals surface area contributed by atoms with Gasteiger partial charge in [-0.25, -0.2) is 0 Å². The van der Waals surface area contributed by atoms with Gasteiger partial charge in [0.2, 0.25) is 0 Å². The molecule has 96 valence electrons. The molecule has 0 spiro atoms. The lowest BCUT2D eigenvalue weighted by Gasteiger charge is -2.16. The highest BCUT2D eigenvalue weighted by molar-refractivity contribution is 7.98. The van der Waals surface area contributed by atoms with Crippen molar-refractivity contribution in [3.05, 3.63) is 29.8 Å². The first kappa shape index (κ1) is 13.4. The minimum Gasteiger partial charge on any atom is -0.392 e. The third-order valence-electron chi connectivity index (χ3n) is 3.04. The van der Waals surface area contributed by atoms with Crippen LogP contribution in [0.15, 0.2) is 29.2 Å². The van der Waals surface area contributed by atoms with Crippen LogP contribution in [0.4, 0.5) is 0 Å². The molecule has 3 nitrogen and oxygen atoms in total. The largest absolute Gasteiger partial charge is 0.392 e. The topological polar surface area (TPSA) is 55.1 Å². The summed E-state index contributed by atoms with van der Waals surface area (Å²) in [5, 5.41) is 2.92. The van der Waals surface area contributed by atoms with Crippen molar-refractivity contribution in [2.24, 2.45) is 11.7 Å². The minimum absolute atomic E-state index is 0.104. The number of rotatable bonds is 5. The van der Waals surface area contributed by atoms with E-state index in [-0.39, 0.29) is 11.9 Å². The first-order valence-electron chi connectivity index (χ1n) is 5.86. The summed E-state index contributed by atoms with van der Waals surface area (Å²) < 4.78 is 0. The van der Waals surface area contributed by atoms with Crippen LogP contribution in [0.5, 0.6) is 0 Å². The molecule has 0 aliphatic heterocycles. The highest BCUT2D eigenvalue weighted by Gasteiger charge is 2.34. The Morgan fingerprint density at radius 1 is 1.44 bits per heavy atom. The molecule has 0 saturated heterocycles. The van der Waals surface area contributed by atoms with Crippen molar-refractivity contribution >= 4 is 34.9 Å². The molecule has 1 aliphatic rings. The molecule has 1 aromatic carbocycles. The summed E-state index contributed by atoms with van der Waals surface area (Å²) in [6.07, 6.45) is 4.19. The number of thiocarbonyl (C=S) groups is 1. The fraction of sp³-hybridized carbons (Fsp3) is 0.385. The summed E-state index contributed by atoms with van der Waals surface area (Å²) in [5.41, 5.74) is 6.31. The fourth-order valence-electron chi connectivity index (χ4n) is 1.82. The van der Waals surface area contributed by atoms with Gasteiger partial charge in [0, 0.05) is 10.5 Å². The number of hydrogen-bond acceptors (Lipinski definition) is 3. The van der Waals surface area contributed by atoms with E-state index in [0.717, 1.165) is 17.7 Å². The van der Waals surface area contributed by atoms with Crippen LogP contribution in [0, 0.1) is 5.92 Å². The Kier molecular flexibility index (Phi) is 4.24. The van der Waals surface area contributed by atoms with Gasteiger partial charge >= 0.3 is 0 Å². The molecule has 0 bridgehead atoms. The molecule has 2 rings (SSSR count). The van der Waals surface area contributed by atoms with Crippen molar-refractivity contribution in [2.45, 2.75) is 23.8 Å². The highest BCUT2D eigenvalue weighted by atomic mass is 32.2. The molecule has 1 atom stereocenters. The van der Waals surface area contributed by atoms with E-state index in [1.54, 1.807) is 11.8 Å². The Hall–Kier alpha value is -1.07. The van der Waals surface area contributed by atoms with Crippen molar-refractivity contribution in [3.63, 3.8) is 0 Å². The Morgan fingerprint density at radius 3 is 2.50 bits per heavy atom. The van der Waals surface area contributed by atoms with Gasteiger partial charge in [-0.3, -0.25) is 4.79 Å². The first-order chi connectivity index (χ1) is 8.61. The average molecular weight is 280 g/mol. The summed E-state index contributed by atoms with van der Waals surface area (Å²) in [7, 11) is 0. The monoisotopic (exact) mass is 280 g/mol. The van der Waals surface area contributed by atoms with Crippen LogP contribution in [0.3, 0.4) is 0 Å². The number of thioether (sulfide) groups is 1. The molecule has 1 fully saturated rings. The Morgan fingerprint density at radius 2 is 2.06 bits per heavy atom. The number of hydrogen-bond donors (Lipinski definition) is 2. The highest BCUT2D eigenvalue weighted by Crippen LogP contribution is 2.32. The molecule has 1 amide bonds. The number of benzene rings is 1. The van der Waals surface area contributed by atoms with Gasteiger partial charge in [-0.05, 0) is 49.3 Å². The smallest absolute Gasteiger partial charge is 0.251 e. The maximum Gasteiger partial charge on any atom is 0.251 e. The normalized spacial score (nSPS) is 16.1. The Labute approximate surface area is 117 Å². The molecular weight excluding hydrogens is 264 g/mol. The molecule has 1 aliphatic carbocycles. The quantitative estimate of drug-likeness (QED) is 0.641. The predicted octanol–water partition coefficient (Wildman–Crippen LogP) is 2.20. The molecule has 0 aromatic heterocycles. The number of nitrogens with one attached hydrogen (secondary N) is 1. The van der Waals surface area contributed by atoms with Crippen molar-refractivity contribution in [1.82, 2.24) is 5.32 Å². The van der Waals surface area contributed by atoms with Gasteiger partial charge < -0.3 is 11.1 Å². The van der Waals surface area contributed by atoms with Gasteiger partial charge in [0.1, 0.15) is 0 Å². The summed E-state index contributed by atoms with van der Waals surface area (Å²) in [6.45, 7) is 0. The molecular formula is C13H16N2OS2. The molecule has 1 unspecified atom stereocenters. The fourth-order valence-corrected chi connectivity index (χ4v) is 2.48. The third-order valence-corrected chi connectivity index (χ3v) is 4.04. The van der Waals surface area contributed by atoms with E-state index in [1.807, 2.05) is 30.5 Å². The van der Waals surface area contributed by atoms with Crippen molar-refractivity contribution in [2.75, 3.05) is 6.26 Å². The number of nitrogens with two attached hydrogens (primary N) is 1. The van der Waals surface area contributed by atoms with E-state index in [0.29, 0.717) is 16.5 Å². The maximum atomic E-state index is 12.1. The van der Waals surface area contributed by atoms with Crippen LogP contribution in [-0.4, -0.2) is 23.2 Å². The van der Waals surface area contributed by atoms with E-state index in [1.165, 1.54) is 0 Å². The number of carbonyl (C=O) groups is 1. The lowest BCUT2D eigenvalue weighted by atomic mass is 10.1. The van der Waals surface area contributed by atoms with E-state index in [4.69, 9.17) is 18.0 Å². The van der Waals surface area contributed by atoms with Crippen LogP contribution < -0.4 is 11.1 Å². The van der Waals surface area contributed by atoms with Gasteiger partial charge in [-0.15, -0.1) is 11.8 Å². The van der Waals surface area contributed by atoms with Crippen molar-refractivity contribution < 1.29 is 4.79 Å². The van der Waals surface area contributed by atoms with Crippen molar-refractivity contribution in [1.29, 1.82) is 0 Å². The second-order valence-corrected chi connectivity index (χ2v) is 5.77.